The van der Waals surface area contributed by atoms with Gasteiger partial charge in [0.2, 0.25) is 0 Å². The Morgan fingerprint density at radius 1 is 0.857 bits per heavy atom. The SMILES string of the molecule is CCCC1CCC(/C=C/C#CC2CCC(CC)CC2)CC1. The summed E-state index contributed by atoms with van der Waals surface area (Å²) in [5, 5.41) is 0. The highest BCUT2D eigenvalue weighted by Gasteiger charge is 2.19. The molecule has 0 aromatic heterocycles. The number of hydrogen-bond donors (Lipinski definition) is 0. The van der Waals surface area contributed by atoms with Gasteiger partial charge < -0.3 is 0 Å². The van der Waals surface area contributed by atoms with Crippen molar-refractivity contribution in [3.05, 3.63) is 12.2 Å². The molecule has 2 saturated carbocycles. The molecular formula is C21H34. The summed E-state index contributed by atoms with van der Waals surface area (Å²) in [4.78, 5) is 0. The van der Waals surface area contributed by atoms with Gasteiger partial charge in [0.15, 0.2) is 0 Å². The number of allylic oxidation sites excluding steroid dienone is 2. The molecule has 0 N–H and O–H groups in total. The minimum Gasteiger partial charge on any atom is -0.0951 e. The largest absolute Gasteiger partial charge is 0.0951 e. The van der Waals surface area contributed by atoms with E-state index >= 15 is 0 Å². The van der Waals surface area contributed by atoms with Gasteiger partial charge in [0.05, 0.1) is 0 Å². The van der Waals surface area contributed by atoms with E-state index in [0.29, 0.717) is 5.92 Å². The molecule has 2 aliphatic carbocycles. The normalized spacial score (nSPS) is 33.6. The third-order valence-electron chi connectivity index (χ3n) is 5.75. The Hall–Kier alpha value is -0.700. The molecule has 118 valence electrons. The van der Waals surface area contributed by atoms with E-state index in [1.807, 2.05) is 0 Å². The Kier molecular flexibility index (Phi) is 7.42. The molecule has 2 aliphatic rings. The van der Waals surface area contributed by atoms with Crippen molar-refractivity contribution in [2.75, 3.05) is 0 Å². The minimum atomic E-state index is 0.678. The van der Waals surface area contributed by atoms with Gasteiger partial charge in [0.25, 0.3) is 0 Å². The maximum absolute atomic E-state index is 3.50. The van der Waals surface area contributed by atoms with Crippen molar-refractivity contribution < 1.29 is 0 Å². The Balaban J connectivity index is 1.66. The van der Waals surface area contributed by atoms with Crippen LogP contribution in [0.1, 0.15) is 84.5 Å². The molecule has 0 atom stereocenters. The maximum atomic E-state index is 3.50. The molecule has 0 amide bonds. The van der Waals surface area contributed by atoms with Gasteiger partial charge in [-0.05, 0) is 75.2 Å². The van der Waals surface area contributed by atoms with Crippen LogP contribution in [0.3, 0.4) is 0 Å². The van der Waals surface area contributed by atoms with Gasteiger partial charge >= 0.3 is 0 Å². The summed E-state index contributed by atoms with van der Waals surface area (Å²) in [6.45, 7) is 4.64. The molecule has 0 heteroatoms. The maximum Gasteiger partial charge on any atom is 0.0206 e. The van der Waals surface area contributed by atoms with Crippen molar-refractivity contribution in [2.45, 2.75) is 84.5 Å². The predicted molar refractivity (Wildman–Crippen MR) is 93.0 cm³/mol. The Bertz CT molecular complexity index is 351. The van der Waals surface area contributed by atoms with Crippen molar-refractivity contribution in [2.24, 2.45) is 23.7 Å². The van der Waals surface area contributed by atoms with Crippen LogP contribution in [0.2, 0.25) is 0 Å². The van der Waals surface area contributed by atoms with Gasteiger partial charge in [-0.1, -0.05) is 51.0 Å². The standard InChI is InChI=1S/C21H34/c1-3-7-19-14-16-21(17-15-19)9-6-5-8-20-12-10-18(4-2)11-13-20/h6,9,18-21H,3-4,7,10-17H2,1-2H3/b9-6+. The Labute approximate surface area is 132 Å². The summed E-state index contributed by atoms with van der Waals surface area (Å²) >= 11 is 0. The van der Waals surface area contributed by atoms with Crippen LogP contribution in [0.5, 0.6) is 0 Å². The minimum absolute atomic E-state index is 0.678. The zero-order chi connectivity index (χ0) is 14.9. The molecular weight excluding hydrogens is 252 g/mol. The third-order valence-corrected chi connectivity index (χ3v) is 5.75. The molecule has 0 unspecified atom stereocenters. The average molecular weight is 287 g/mol. The van der Waals surface area contributed by atoms with E-state index in [4.69, 9.17) is 0 Å². The van der Waals surface area contributed by atoms with Crippen LogP contribution in [-0.2, 0) is 0 Å². The fourth-order valence-corrected chi connectivity index (χ4v) is 4.14. The fourth-order valence-electron chi connectivity index (χ4n) is 4.14. The number of rotatable bonds is 4. The molecule has 0 bridgehead atoms. The quantitative estimate of drug-likeness (QED) is 0.527. The lowest BCUT2D eigenvalue weighted by molar-refractivity contribution is 0.294. The predicted octanol–water partition coefficient (Wildman–Crippen LogP) is 6.37. The second-order valence-corrected chi connectivity index (χ2v) is 7.34. The highest BCUT2D eigenvalue weighted by atomic mass is 14.2. The molecule has 0 heterocycles. The van der Waals surface area contributed by atoms with Crippen molar-refractivity contribution in [3.8, 4) is 11.8 Å². The first-order valence-electron chi connectivity index (χ1n) is 9.49. The zero-order valence-corrected chi connectivity index (χ0v) is 14.2. The molecule has 0 aromatic rings. The van der Waals surface area contributed by atoms with Crippen LogP contribution in [0.15, 0.2) is 12.2 Å². The second kappa shape index (κ2) is 9.34. The van der Waals surface area contributed by atoms with Crippen molar-refractivity contribution in [1.29, 1.82) is 0 Å². The monoisotopic (exact) mass is 286 g/mol. The van der Waals surface area contributed by atoms with Crippen LogP contribution in [0.25, 0.3) is 0 Å². The average Bonchev–Trinajstić information content (AvgIpc) is 2.54. The van der Waals surface area contributed by atoms with Crippen LogP contribution >= 0.6 is 0 Å². The van der Waals surface area contributed by atoms with Gasteiger partial charge in [0.1, 0.15) is 0 Å². The third kappa shape index (κ3) is 5.90. The van der Waals surface area contributed by atoms with E-state index in [-0.39, 0.29) is 0 Å². The summed E-state index contributed by atoms with van der Waals surface area (Å²) in [7, 11) is 0. The molecule has 0 radical (unpaired) electrons. The van der Waals surface area contributed by atoms with E-state index in [9.17, 15) is 0 Å². The van der Waals surface area contributed by atoms with E-state index in [0.717, 1.165) is 17.8 Å². The molecule has 0 nitrogen and oxygen atoms in total. The van der Waals surface area contributed by atoms with Crippen molar-refractivity contribution in [1.82, 2.24) is 0 Å². The molecule has 2 rings (SSSR count). The Morgan fingerprint density at radius 2 is 1.52 bits per heavy atom. The highest BCUT2D eigenvalue weighted by molar-refractivity contribution is 5.18. The lowest BCUT2D eigenvalue weighted by Crippen LogP contribution is -2.12. The molecule has 0 aliphatic heterocycles. The fraction of sp³-hybridized carbons (Fsp3) is 0.810. The van der Waals surface area contributed by atoms with Gasteiger partial charge in [-0.25, -0.2) is 0 Å². The molecule has 0 spiro atoms. The van der Waals surface area contributed by atoms with Crippen LogP contribution < -0.4 is 0 Å². The smallest absolute Gasteiger partial charge is 0.0206 e. The molecule has 2 fully saturated rings. The van der Waals surface area contributed by atoms with E-state index in [1.54, 1.807) is 0 Å². The summed E-state index contributed by atoms with van der Waals surface area (Å²) in [5.74, 6) is 10.3. The molecule has 0 aromatic carbocycles. The van der Waals surface area contributed by atoms with Gasteiger partial charge in [-0.15, -0.1) is 0 Å². The summed E-state index contributed by atoms with van der Waals surface area (Å²) < 4.78 is 0. The first kappa shape index (κ1) is 16.7. The highest BCUT2D eigenvalue weighted by Crippen LogP contribution is 2.32. The van der Waals surface area contributed by atoms with Crippen LogP contribution in [-0.4, -0.2) is 0 Å². The summed E-state index contributed by atoms with van der Waals surface area (Å²) in [6, 6.07) is 0. The first-order valence-corrected chi connectivity index (χ1v) is 9.49. The summed E-state index contributed by atoms with van der Waals surface area (Å²) in [5.41, 5.74) is 0. The van der Waals surface area contributed by atoms with Gasteiger partial charge in [-0.3, -0.25) is 0 Å². The van der Waals surface area contributed by atoms with Crippen LogP contribution in [0, 0.1) is 35.5 Å². The topological polar surface area (TPSA) is 0 Å². The Morgan fingerprint density at radius 3 is 2.14 bits per heavy atom. The first-order chi connectivity index (χ1) is 10.3. The van der Waals surface area contributed by atoms with Gasteiger partial charge in [-0.2, -0.15) is 0 Å². The zero-order valence-electron chi connectivity index (χ0n) is 14.2. The lowest BCUT2D eigenvalue weighted by atomic mass is 9.80. The second-order valence-electron chi connectivity index (χ2n) is 7.34. The van der Waals surface area contributed by atoms with Crippen molar-refractivity contribution >= 4 is 0 Å². The molecule has 21 heavy (non-hydrogen) atoms. The van der Waals surface area contributed by atoms with Gasteiger partial charge in [0, 0.05) is 5.92 Å². The van der Waals surface area contributed by atoms with E-state index in [1.165, 1.54) is 70.6 Å². The number of hydrogen-bond acceptors (Lipinski definition) is 0. The molecule has 0 saturated heterocycles. The van der Waals surface area contributed by atoms with E-state index in [2.05, 4.69) is 37.8 Å². The van der Waals surface area contributed by atoms with Crippen LogP contribution in [0.4, 0.5) is 0 Å². The van der Waals surface area contributed by atoms with E-state index < -0.39 is 0 Å². The van der Waals surface area contributed by atoms with Crippen molar-refractivity contribution in [3.63, 3.8) is 0 Å². The summed E-state index contributed by atoms with van der Waals surface area (Å²) in [6.07, 6.45) is 19.9. The lowest BCUT2D eigenvalue weighted by Gasteiger charge is -2.26.